The zero-order valence-electron chi connectivity index (χ0n) is 24.6. The third-order valence-electron chi connectivity index (χ3n) is 9.07. The first-order valence-corrected chi connectivity index (χ1v) is 16.2. The summed E-state index contributed by atoms with van der Waals surface area (Å²) in [4.78, 5) is 10.8. The SMILES string of the molecule is c1ccc(-c2cccc3oc4c5ccccc5c(-c5nc(-c6ccc7ccccc7c6)c6sc7ccccc7c6n5)cc4c23)cc1. The minimum absolute atomic E-state index is 0.712. The average Bonchev–Trinajstić information content (AvgIpc) is 3.70. The molecular formula is C42H24N2OS. The van der Waals surface area contributed by atoms with E-state index in [1.807, 2.05) is 0 Å². The molecule has 0 spiro atoms. The summed E-state index contributed by atoms with van der Waals surface area (Å²) in [5.74, 6) is 0.712. The van der Waals surface area contributed by atoms with E-state index in [2.05, 4.69) is 146 Å². The number of thiophene rings is 1. The first kappa shape index (κ1) is 25.5. The van der Waals surface area contributed by atoms with Crippen LogP contribution in [-0.2, 0) is 0 Å². The zero-order valence-corrected chi connectivity index (χ0v) is 25.4. The summed E-state index contributed by atoms with van der Waals surface area (Å²) in [6, 6.07) is 51.2. The van der Waals surface area contributed by atoms with Gasteiger partial charge in [0.1, 0.15) is 11.2 Å². The Balaban J connectivity index is 1.32. The van der Waals surface area contributed by atoms with Crippen molar-refractivity contribution in [1.82, 2.24) is 9.97 Å². The predicted molar refractivity (Wildman–Crippen MR) is 194 cm³/mol. The Morgan fingerprint density at radius 1 is 0.500 bits per heavy atom. The van der Waals surface area contributed by atoms with Crippen molar-refractivity contribution in [1.29, 1.82) is 0 Å². The van der Waals surface area contributed by atoms with Gasteiger partial charge in [0.2, 0.25) is 0 Å². The van der Waals surface area contributed by atoms with Crippen LogP contribution in [0.2, 0.25) is 0 Å². The Morgan fingerprint density at radius 3 is 2.15 bits per heavy atom. The van der Waals surface area contributed by atoms with Crippen molar-refractivity contribution < 1.29 is 4.42 Å². The van der Waals surface area contributed by atoms with E-state index in [1.54, 1.807) is 11.3 Å². The maximum Gasteiger partial charge on any atom is 0.161 e. The first-order chi connectivity index (χ1) is 22.8. The van der Waals surface area contributed by atoms with Gasteiger partial charge in [0, 0.05) is 37.4 Å². The second-order valence-electron chi connectivity index (χ2n) is 11.7. The molecular weight excluding hydrogens is 581 g/mol. The molecule has 0 unspecified atom stereocenters. The molecule has 0 radical (unpaired) electrons. The van der Waals surface area contributed by atoms with E-state index in [1.165, 1.54) is 15.5 Å². The molecule has 0 aliphatic carbocycles. The molecule has 0 aliphatic rings. The molecule has 0 saturated carbocycles. The fraction of sp³-hybridized carbons (Fsp3) is 0. The van der Waals surface area contributed by atoms with Gasteiger partial charge in [0.15, 0.2) is 5.82 Å². The van der Waals surface area contributed by atoms with Crippen LogP contribution >= 0.6 is 11.3 Å². The first-order valence-electron chi connectivity index (χ1n) is 15.4. The Hall–Kier alpha value is -5.84. The highest BCUT2D eigenvalue weighted by Gasteiger charge is 2.21. The lowest BCUT2D eigenvalue weighted by Gasteiger charge is -2.11. The van der Waals surface area contributed by atoms with E-state index in [0.717, 1.165) is 76.3 Å². The zero-order chi connectivity index (χ0) is 30.2. The molecule has 0 N–H and O–H groups in total. The van der Waals surface area contributed by atoms with Crippen molar-refractivity contribution in [2.24, 2.45) is 0 Å². The molecule has 0 saturated heterocycles. The van der Waals surface area contributed by atoms with Crippen molar-refractivity contribution in [2.75, 3.05) is 0 Å². The van der Waals surface area contributed by atoms with Gasteiger partial charge in [-0.3, -0.25) is 0 Å². The van der Waals surface area contributed by atoms with Crippen LogP contribution in [0.15, 0.2) is 150 Å². The van der Waals surface area contributed by atoms with Gasteiger partial charge in [-0.15, -0.1) is 11.3 Å². The van der Waals surface area contributed by atoms with Gasteiger partial charge in [-0.25, -0.2) is 9.97 Å². The standard InChI is InChI=1S/C42H24N2OS/c1-2-12-26(13-3-1)29-18-10-19-35-37(29)34-24-33(30-15-6-7-16-31(30)40(34)45-35)42-43-38(28-22-21-25-11-4-5-14-27(25)23-28)41-39(44-42)32-17-8-9-20-36(32)46-41/h1-24H. The molecule has 0 bridgehead atoms. The van der Waals surface area contributed by atoms with Gasteiger partial charge in [0.25, 0.3) is 0 Å². The second kappa shape index (κ2) is 9.83. The Bertz CT molecular complexity index is 2810. The van der Waals surface area contributed by atoms with Gasteiger partial charge in [-0.2, -0.15) is 0 Å². The van der Waals surface area contributed by atoms with Crippen molar-refractivity contribution >= 4 is 75.1 Å². The summed E-state index contributed by atoms with van der Waals surface area (Å²) in [5.41, 5.74) is 8.09. The topological polar surface area (TPSA) is 38.9 Å². The summed E-state index contributed by atoms with van der Waals surface area (Å²) in [5, 5.41) is 7.85. The number of hydrogen-bond acceptors (Lipinski definition) is 4. The van der Waals surface area contributed by atoms with Gasteiger partial charge in [0.05, 0.1) is 15.9 Å². The van der Waals surface area contributed by atoms with E-state index in [9.17, 15) is 0 Å². The van der Waals surface area contributed by atoms with Crippen LogP contribution in [0.5, 0.6) is 0 Å². The largest absolute Gasteiger partial charge is 0.455 e. The van der Waals surface area contributed by atoms with Crippen LogP contribution in [0, 0.1) is 0 Å². The van der Waals surface area contributed by atoms with Crippen LogP contribution in [-0.4, -0.2) is 9.97 Å². The smallest absolute Gasteiger partial charge is 0.161 e. The average molecular weight is 605 g/mol. The monoisotopic (exact) mass is 604 g/mol. The van der Waals surface area contributed by atoms with E-state index in [0.29, 0.717) is 5.82 Å². The lowest BCUT2D eigenvalue weighted by molar-refractivity contribution is 0.673. The molecule has 3 nitrogen and oxygen atoms in total. The van der Waals surface area contributed by atoms with Crippen molar-refractivity contribution in [3.8, 4) is 33.8 Å². The van der Waals surface area contributed by atoms with Crippen LogP contribution in [0.3, 0.4) is 0 Å². The lowest BCUT2D eigenvalue weighted by Crippen LogP contribution is -1.95. The quantitative estimate of drug-likeness (QED) is 0.201. The number of nitrogens with zero attached hydrogens (tertiary/aromatic N) is 2. The molecule has 0 fully saturated rings. The molecule has 10 rings (SSSR count). The third-order valence-corrected chi connectivity index (χ3v) is 10.2. The molecule has 214 valence electrons. The number of hydrogen-bond donors (Lipinski definition) is 0. The van der Waals surface area contributed by atoms with E-state index < -0.39 is 0 Å². The molecule has 0 aliphatic heterocycles. The van der Waals surface area contributed by atoms with E-state index in [4.69, 9.17) is 14.4 Å². The maximum absolute atomic E-state index is 6.63. The van der Waals surface area contributed by atoms with Crippen LogP contribution < -0.4 is 0 Å². The summed E-state index contributed by atoms with van der Waals surface area (Å²) >= 11 is 1.76. The third kappa shape index (κ3) is 3.77. The van der Waals surface area contributed by atoms with Crippen LogP contribution in [0.4, 0.5) is 0 Å². The molecule has 0 amide bonds. The number of fused-ring (bicyclic) bond motifs is 9. The highest BCUT2D eigenvalue weighted by atomic mass is 32.1. The summed E-state index contributed by atoms with van der Waals surface area (Å²) in [7, 11) is 0. The predicted octanol–water partition coefficient (Wildman–Crippen LogP) is 12.1. The van der Waals surface area contributed by atoms with Crippen molar-refractivity contribution in [2.45, 2.75) is 0 Å². The summed E-state index contributed by atoms with van der Waals surface area (Å²) < 4.78 is 8.94. The van der Waals surface area contributed by atoms with Gasteiger partial charge in [-0.1, -0.05) is 121 Å². The van der Waals surface area contributed by atoms with Crippen LogP contribution in [0.1, 0.15) is 0 Å². The Kier molecular flexibility index (Phi) is 5.45. The highest BCUT2D eigenvalue weighted by molar-refractivity contribution is 7.26. The van der Waals surface area contributed by atoms with Crippen molar-refractivity contribution in [3.05, 3.63) is 146 Å². The molecule has 46 heavy (non-hydrogen) atoms. The maximum atomic E-state index is 6.63. The number of furan rings is 1. The fourth-order valence-electron chi connectivity index (χ4n) is 6.94. The molecule has 3 heterocycles. The van der Waals surface area contributed by atoms with E-state index >= 15 is 0 Å². The number of rotatable bonds is 3. The van der Waals surface area contributed by atoms with Gasteiger partial charge >= 0.3 is 0 Å². The Labute approximate surface area is 268 Å². The van der Waals surface area contributed by atoms with Crippen LogP contribution in [0.25, 0.3) is 97.6 Å². The van der Waals surface area contributed by atoms with Crippen molar-refractivity contribution in [3.63, 3.8) is 0 Å². The minimum atomic E-state index is 0.712. The minimum Gasteiger partial charge on any atom is -0.455 e. The molecule has 4 heteroatoms. The number of benzene rings is 7. The molecule has 3 aromatic heterocycles. The fourth-order valence-corrected chi connectivity index (χ4v) is 8.09. The van der Waals surface area contributed by atoms with Gasteiger partial charge in [-0.05, 0) is 51.6 Å². The molecule has 10 aromatic rings. The summed E-state index contributed by atoms with van der Waals surface area (Å²) in [6.45, 7) is 0. The number of aromatic nitrogens is 2. The lowest BCUT2D eigenvalue weighted by atomic mass is 9.95. The van der Waals surface area contributed by atoms with Gasteiger partial charge < -0.3 is 4.42 Å². The summed E-state index contributed by atoms with van der Waals surface area (Å²) in [6.07, 6.45) is 0. The molecule has 7 aromatic carbocycles. The molecule has 0 atom stereocenters. The second-order valence-corrected chi connectivity index (χ2v) is 12.8. The van der Waals surface area contributed by atoms with E-state index in [-0.39, 0.29) is 0 Å². The Morgan fingerprint density at radius 2 is 1.26 bits per heavy atom. The normalized spacial score (nSPS) is 11.9. The highest BCUT2D eigenvalue weighted by Crippen LogP contribution is 2.44.